The molecule has 4 atom stereocenters. The van der Waals surface area contributed by atoms with E-state index < -0.39 is 0 Å². The normalized spacial score (nSPS) is 25.3. The van der Waals surface area contributed by atoms with Gasteiger partial charge in [0.1, 0.15) is 11.3 Å². The second-order valence-electron chi connectivity index (χ2n) is 7.18. The maximum absolute atomic E-state index is 13.5. The third-order valence-electron chi connectivity index (χ3n) is 5.45. The average molecular weight is 379 g/mol. The Bertz CT molecular complexity index is 1090. The zero-order valence-electron chi connectivity index (χ0n) is 14.8. The molecule has 1 aromatic carbocycles. The number of aromatic nitrogens is 4. The molecule has 9 heteroatoms. The van der Waals surface area contributed by atoms with Gasteiger partial charge in [0.2, 0.25) is 11.9 Å². The molecule has 1 amide bonds. The number of anilines is 3. The monoisotopic (exact) mass is 379 g/mol. The van der Waals surface area contributed by atoms with E-state index in [1.165, 1.54) is 18.5 Å². The lowest BCUT2D eigenvalue weighted by atomic mass is 9.88. The Morgan fingerprint density at radius 3 is 2.93 bits per heavy atom. The number of carbonyl (C=O) groups is 1. The van der Waals surface area contributed by atoms with E-state index >= 15 is 0 Å². The van der Waals surface area contributed by atoms with E-state index in [0.29, 0.717) is 28.6 Å². The van der Waals surface area contributed by atoms with Crippen LogP contribution in [0.3, 0.4) is 0 Å². The second-order valence-corrected chi connectivity index (χ2v) is 7.18. The van der Waals surface area contributed by atoms with Gasteiger partial charge >= 0.3 is 0 Å². The highest BCUT2D eigenvalue weighted by atomic mass is 19.1. The summed E-state index contributed by atoms with van der Waals surface area (Å²) in [7, 11) is 0. The number of aromatic amines is 1. The molecule has 0 saturated heterocycles. The molecule has 1 saturated carbocycles. The first-order valence-corrected chi connectivity index (χ1v) is 9.06. The summed E-state index contributed by atoms with van der Waals surface area (Å²) in [5.41, 5.74) is 7.28. The molecule has 3 aromatic rings. The summed E-state index contributed by atoms with van der Waals surface area (Å²) in [5, 5.41) is 6.37. The quantitative estimate of drug-likeness (QED) is 0.505. The van der Waals surface area contributed by atoms with Crippen molar-refractivity contribution >= 4 is 34.5 Å². The first-order chi connectivity index (χ1) is 13.6. The zero-order chi connectivity index (χ0) is 19.3. The molecular weight excluding hydrogens is 361 g/mol. The van der Waals surface area contributed by atoms with E-state index in [2.05, 4.69) is 42.7 Å². The van der Waals surface area contributed by atoms with Crippen molar-refractivity contribution in [1.82, 2.24) is 19.9 Å². The number of nitrogens with two attached hydrogens (primary N) is 1. The summed E-state index contributed by atoms with van der Waals surface area (Å²) in [6.45, 7) is 0. The summed E-state index contributed by atoms with van der Waals surface area (Å²) in [5.74, 6) is 0.191. The number of primary amides is 1. The Labute approximate surface area is 159 Å². The maximum atomic E-state index is 13.5. The highest BCUT2D eigenvalue weighted by Gasteiger charge is 2.47. The summed E-state index contributed by atoms with van der Waals surface area (Å²) >= 11 is 0. The first-order valence-electron chi connectivity index (χ1n) is 9.06. The summed E-state index contributed by atoms with van der Waals surface area (Å²) in [6, 6.07) is 5.90. The number of benzene rings is 1. The molecule has 2 aromatic heterocycles. The van der Waals surface area contributed by atoms with Gasteiger partial charge in [-0.1, -0.05) is 18.2 Å². The van der Waals surface area contributed by atoms with Crippen molar-refractivity contribution in [3.05, 3.63) is 48.6 Å². The minimum absolute atomic E-state index is 0.149. The number of rotatable bonds is 5. The van der Waals surface area contributed by atoms with Crippen LogP contribution in [-0.2, 0) is 4.79 Å². The van der Waals surface area contributed by atoms with Crippen molar-refractivity contribution in [2.75, 3.05) is 10.6 Å². The first kappa shape index (κ1) is 16.7. The molecule has 0 unspecified atom stereocenters. The highest BCUT2D eigenvalue weighted by Crippen LogP contribution is 2.45. The molecule has 2 aliphatic rings. The molecule has 28 heavy (non-hydrogen) atoms. The largest absolute Gasteiger partial charge is 0.369 e. The number of fused-ring (bicyclic) bond motifs is 3. The Hall–Kier alpha value is -3.49. The minimum atomic E-state index is -0.357. The number of halogens is 1. The van der Waals surface area contributed by atoms with Crippen LogP contribution in [0.2, 0.25) is 0 Å². The van der Waals surface area contributed by atoms with Crippen LogP contribution in [0, 0.1) is 23.6 Å². The SMILES string of the molecule is NC(=O)[C@@H]1[C@H](Nc2nc(Nc3cccc(F)c3)nc3[nH]cnc23)[C@H]2C=C[C@@H]1C2. The molecule has 2 heterocycles. The van der Waals surface area contributed by atoms with E-state index in [4.69, 9.17) is 5.73 Å². The van der Waals surface area contributed by atoms with E-state index in [1.54, 1.807) is 12.1 Å². The molecule has 8 nitrogen and oxygen atoms in total. The van der Waals surface area contributed by atoms with E-state index in [9.17, 15) is 9.18 Å². The zero-order valence-corrected chi connectivity index (χ0v) is 14.8. The number of hydrogen-bond donors (Lipinski definition) is 4. The van der Waals surface area contributed by atoms with Gasteiger partial charge in [-0.25, -0.2) is 9.37 Å². The van der Waals surface area contributed by atoms with Crippen molar-refractivity contribution in [2.24, 2.45) is 23.5 Å². The van der Waals surface area contributed by atoms with Crippen LogP contribution in [0.5, 0.6) is 0 Å². The number of amides is 1. The summed E-state index contributed by atoms with van der Waals surface area (Å²) in [4.78, 5) is 28.2. The molecular formula is C19H18FN7O. The van der Waals surface area contributed by atoms with Crippen molar-refractivity contribution < 1.29 is 9.18 Å². The van der Waals surface area contributed by atoms with Crippen LogP contribution in [-0.4, -0.2) is 31.9 Å². The fourth-order valence-electron chi connectivity index (χ4n) is 4.25. The van der Waals surface area contributed by atoms with Gasteiger partial charge in [-0.3, -0.25) is 4.79 Å². The Balaban J connectivity index is 1.49. The molecule has 1 fully saturated rings. The third kappa shape index (κ3) is 2.75. The lowest BCUT2D eigenvalue weighted by Gasteiger charge is -2.27. The van der Waals surface area contributed by atoms with Crippen LogP contribution in [0.1, 0.15) is 6.42 Å². The lowest BCUT2D eigenvalue weighted by Crippen LogP contribution is -2.41. The van der Waals surface area contributed by atoms with E-state index in [0.717, 1.165) is 6.42 Å². The van der Waals surface area contributed by atoms with Crippen LogP contribution < -0.4 is 16.4 Å². The van der Waals surface area contributed by atoms with Gasteiger partial charge in [0.05, 0.1) is 12.2 Å². The summed E-state index contributed by atoms with van der Waals surface area (Å²) in [6.07, 6.45) is 6.62. The smallest absolute Gasteiger partial charge is 0.231 e. The molecule has 0 radical (unpaired) electrons. The second kappa shape index (κ2) is 6.29. The lowest BCUT2D eigenvalue weighted by molar-refractivity contribution is -0.122. The minimum Gasteiger partial charge on any atom is -0.369 e. The number of H-pyrrole nitrogens is 1. The molecule has 2 aliphatic carbocycles. The van der Waals surface area contributed by atoms with Crippen LogP contribution >= 0.6 is 0 Å². The topological polar surface area (TPSA) is 122 Å². The molecule has 0 spiro atoms. The predicted molar refractivity (Wildman–Crippen MR) is 102 cm³/mol. The van der Waals surface area contributed by atoms with Crippen molar-refractivity contribution in [3.8, 4) is 0 Å². The van der Waals surface area contributed by atoms with Gasteiger partial charge in [-0.05, 0) is 36.5 Å². The van der Waals surface area contributed by atoms with Gasteiger partial charge in [-0.15, -0.1) is 0 Å². The molecule has 5 rings (SSSR count). The fraction of sp³-hybridized carbons (Fsp3) is 0.263. The fourth-order valence-corrected chi connectivity index (χ4v) is 4.25. The Morgan fingerprint density at radius 2 is 2.11 bits per heavy atom. The maximum Gasteiger partial charge on any atom is 0.231 e. The van der Waals surface area contributed by atoms with Crippen LogP contribution in [0.25, 0.3) is 11.2 Å². The number of nitrogens with one attached hydrogen (secondary N) is 3. The van der Waals surface area contributed by atoms with Gasteiger partial charge in [-0.2, -0.15) is 9.97 Å². The number of carbonyl (C=O) groups excluding carboxylic acids is 1. The van der Waals surface area contributed by atoms with E-state index in [1.807, 2.05) is 0 Å². The molecule has 0 aliphatic heterocycles. The van der Waals surface area contributed by atoms with Crippen LogP contribution in [0.15, 0.2) is 42.7 Å². The third-order valence-corrected chi connectivity index (χ3v) is 5.45. The van der Waals surface area contributed by atoms with Crippen LogP contribution in [0.4, 0.5) is 21.8 Å². The Kier molecular flexibility index (Phi) is 3.75. The predicted octanol–water partition coefficient (Wildman–Crippen LogP) is 2.32. The molecule has 142 valence electrons. The van der Waals surface area contributed by atoms with E-state index in [-0.39, 0.29) is 35.5 Å². The van der Waals surface area contributed by atoms with Crippen molar-refractivity contribution in [3.63, 3.8) is 0 Å². The van der Waals surface area contributed by atoms with Gasteiger partial charge in [0.15, 0.2) is 11.5 Å². The van der Waals surface area contributed by atoms with Gasteiger partial charge in [0.25, 0.3) is 0 Å². The van der Waals surface area contributed by atoms with Crippen molar-refractivity contribution in [1.29, 1.82) is 0 Å². The Morgan fingerprint density at radius 1 is 1.25 bits per heavy atom. The number of allylic oxidation sites excluding steroid dienone is 1. The number of hydrogen-bond acceptors (Lipinski definition) is 6. The molecule has 5 N–H and O–H groups in total. The molecule has 2 bridgehead atoms. The highest BCUT2D eigenvalue weighted by molar-refractivity contribution is 5.85. The number of imidazole rings is 1. The average Bonchev–Trinajstić information content (AvgIpc) is 3.37. The standard InChI is InChI=1S/C19H18FN7O/c20-11-2-1-3-12(7-11)24-19-26-17-15(22-8-23-17)18(27-19)25-14-10-5-4-9(6-10)13(14)16(21)28/h1-5,7-10,13-14H,6H2,(H2,21,28)(H3,22,23,24,25,26,27)/t9-,10+,13+,14-/m1/s1. The van der Waals surface area contributed by atoms with Gasteiger partial charge < -0.3 is 21.4 Å². The summed E-state index contributed by atoms with van der Waals surface area (Å²) < 4.78 is 13.5. The van der Waals surface area contributed by atoms with Crippen molar-refractivity contribution in [2.45, 2.75) is 12.5 Å². The number of nitrogens with zero attached hydrogens (tertiary/aromatic N) is 3. The van der Waals surface area contributed by atoms with Gasteiger partial charge in [0, 0.05) is 11.7 Å².